The average molecular weight is 352 g/mol. The lowest BCUT2D eigenvalue weighted by atomic mass is 10.1. The highest BCUT2D eigenvalue weighted by molar-refractivity contribution is 7.91. The Balaban J connectivity index is 1.91. The van der Waals surface area contributed by atoms with Crippen molar-refractivity contribution in [3.05, 3.63) is 64.7 Å². The standard InChI is InChI=1S/C17H17ClO4S/c18-15-7-9-16(10-8-15)23(21,22)11-1-2-13-3-5-14(6-4-13)12-17(19)20/h3-10H,1-2,11-12H2,(H,19,20)/p-1. The lowest BCUT2D eigenvalue weighted by molar-refractivity contribution is -0.304. The molecular formula is C17H16ClO4S-. The molecule has 0 N–H and O–H groups in total. The van der Waals surface area contributed by atoms with Crippen LogP contribution < -0.4 is 5.11 Å². The second-order valence-corrected chi connectivity index (χ2v) is 7.79. The summed E-state index contributed by atoms with van der Waals surface area (Å²) in [7, 11) is -3.32. The van der Waals surface area contributed by atoms with Crippen molar-refractivity contribution in [3.8, 4) is 0 Å². The number of aliphatic carboxylic acids is 1. The maximum absolute atomic E-state index is 12.2. The van der Waals surface area contributed by atoms with E-state index in [1.54, 1.807) is 24.3 Å². The largest absolute Gasteiger partial charge is 0.550 e. The Hall–Kier alpha value is -1.85. The van der Waals surface area contributed by atoms with Gasteiger partial charge in [-0.2, -0.15) is 0 Å². The molecular weight excluding hydrogens is 336 g/mol. The number of carboxylic acid groups (broad SMARTS) is 1. The number of rotatable bonds is 7. The van der Waals surface area contributed by atoms with E-state index < -0.39 is 15.8 Å². The van der Waals surface area contributed by atoms with Gasteiger partial charge < -0.3 is 9.90 Å². The first kappa shape index (κ1) is 17.5. The molecule has 0 unspecified atom stereocenters. The van der Waals surface area contributed by atoms with E-state index in [2.05, 4.69) is 0 Å². The fourth-order valence-electron chi connectivity index (χ4n) is 2.22. The van der Waals surface area contributed by atoms with Crippen molar-refractivity contribution in [2.24, 2.45) is 0 Å². The number of carbonyl (C=O) groups excluding carboxylic acids is 1. The molecule has 2 aromatic carbocycles. The summed E-state index contributed by atoms with van der Waals surface area (Å²) in [5.74, 6) is -1.07. The first-order valence-corrected chi connectivity index (χ1v) is 9.16. The molecule has 0 fully saturated rings. The first-order chi connectivity index (χ1) is 10.9. The van der Waals surface area contributed by atoms with Crippen molar-refractivity contribution < 1.29 is 18.3 Å². The number of hydrogen-bond donors (Lipinski definition) is 0. The van der Waals surface area contributed by atoms with Gasteiger partial charge in [0.05, 0.1) is 10.6 Å². The zero-order chi connectivity index (χ0) is 16.9. The topological polar surface area (TPSA) is 74.3 Å². The summed E-state index contributed by atoms with van der Waals surface area (Å²) < 4.78 is 24.4. The summed E-state index contributed by atoms with van der Waals surface area (Å²) in [6, 6.07) is 13.2. The highest BCUT2D eigenvalue weighted by atomic mass is 35.5. The predicted molar refractivity (Wildman–Crippen MR) is 87.0 cm³/mol. The van der Waals surface area contributed by atoms with Crippen LogP contribution in [-0.4, -0.2) is 20.1 Å². The van der Waals surface area contributed by atoms with Gasteiger partial charge in [-0.25, -0.2) is 8.42 Å². The highest BCUT2D eigenvalue weighted by Crippen LogP contribution is 2.17. The van der Waals surface area contributed by atoms with Gasteiger partial charge in [0.25, 0.3) is 0 Å². The number of benzene rings is 2. The van der Waals surface area contributed by atoms with Crippen molar-refractivity contribution >= 4 is 27.4 Å². The van der Waals surface area contributed by atoms with Crippen LogP contribution in [0, 0.1) is 0 Å². The summed E-state index contributed by atoms with van der Waals surface area (Å²) in [6.07, 6.45) is 0.981. The first-order valence-electron chi connectivity index (χ1n) is 7.13. The molecule has 0 amide bonds. The van der Waals surface area contributed by atoms with Crippen LogP contribution in [0.25, 0.3) is 0 Å². The number of halogens is 1. The zero-order valence-corrected chi connectivity index (χ0v) is 13.9. The minimum atomic E-state index is -3.32. The molecule has 0 aliphatic rings. The van der Waals surface area contributed by atoms with Gasteiger partial charge in [-0.05, 0) is 48.2 Å². The Bertz CT molecular complexity index is 765. The second-order valence-electron chi connectivity index (χ2n) is 5.24. The number of carbonyl (C=O) groups is 1. The molecule has 0 aliphatic carbocycles. The summed E-state index contributed by atoms with van der Waals surface area (Å²) in [5.41, 5.74) is 1.64. The third kappa shape index (κ3) is 5.37. The fraction of sp³-hybridized carbons (Fsp3) is 0.235. The molecule has 0 radical (unpaired) electrons. The van der Waals surface area contributed by atoms with Crippen LogP contribution in [0.2, 0.25) is 5.02 Å². The van der Waals surface area contributed by atoms with Crippen molar-refractivity contribution in [2.45, 2.75) is 24.2 Å². The Morgan fingerprint density at radius 3 is 2.09 bits per heavy atom. The average Bonchev–Trinajstić information content (AvgIpc) is 2.49. The Morgan fingerprint density at radius 1 is 0.957 bits per heavy atom. The fourth-order valence-corrected chi connectivity index (χ4v) is 3.65. The van der Waals surface area contributed by atoms with E-state index in [4.69, 9.17) is 11.6 Å². The smallest absolute Gasteiger partial charge is 0.178 e. The van der Waals surface area contributed by atoms with Crippen LogP contribution in [0.5, 0.6) is 0 Å². The summed E-state index contributed by atoms with van der Waals surface area (Å²) in [5, 5.41) is 11.0. The van der Waals surface area contributed by atoms with Gasteiger partial charge in [0.15, 0.2) is 9.84 Å². The molecule has 0 atom stereocenters. The molecule has 0 heterocycles. The van der Waals surface area contributed by atoms with Crippen LogP contribution in [0.15, 0.2) is 53.4 Å². The lowest BCUT2D eigenvalue weighted by Crippen LogP contribution is -2.24. The van der Waals surface area contributed by atoms with Gasteiger partial charge in [0.2, 0.25) is 0 Å². The van der Waals surface area contributed by atoms with E-state index in [1.807, 2.05) is 12.1 Å². The molecule has 23 heavy (non-hydrogen) atoms. The molecule has 4 nitrogen and oxygen atoms in total. The summed E-state index contributed by atoms with van der Waals surface area (Å²) in [6.45, 7) is 0. The van der Waals surface area contributed by atoms with Gasteiger partial charge in [-0.1, -0.05) is 35.9 Å². The molecule has 0 bridgehead atoms. The summed E-state index contributed by atoms with van der Waals surface area (Å²) >= 11 is 5.75. The second kappa shape index (κ2) is 7.62. The van der Waals surface area contributed by atoms with Crippen molar-refractivity contribution in [1.29, 1.82) is 0 Å². The zero-order valence-electron chi connectivity index (χ0n) is 12.4. The Labute approximate surface area is 140 Å². The molecule has 0 spiro atoms. The maximum atomic E-state index is 12.2. The van der Waals surface area contributed by atoms with Crippen molar-refractivity contribution in [3.63, 3.8) is 0 Å². The van der Waals surface area contributed by atoms with E-state index >= 15 is 0 Å². The van der Waals surface area contributed by atoms with Crippen LogP contribution >= 0.6 is 11.6 Å². The predicted octanol–water partition coefficient (Wildman–Crippen LogP) is 2.04. The third-order valence-corrected chi connectivity index (χ3v) is 5.49. The van der Waals surface area contributed by atoms with Gasteiger partial charge in [0.1, 0.15) is 0 Å². The summed E-state index contributed by atoms with van der Waals surface area (Å²) in [4.78, 5) is 10.8. The number of sulfone groups is 1. The van der Waals surface area contributed by atoms with Crippen LogP contribution in [-0.2, 0) is 27.5 Å². The van der Waals surface area contributed by atoms with Gasteiger partial charge in [-0.15, -0.1) is 0 Å². The van der Waals surface area contributed by atoms with Gasteiger partial charge in [-0.3, -0.25) is 0 Å². The molecule has 6 heteroatoms. The lowest BCUT2D eigenvalue weighted by Gasteiger charge is -2.06. The van der Waals surface area contributed by atoms with E-state index in [-0.39, 0.29) is 17.1 Å². The van der Waals surface area contributed by atoms with Crippen molar-refractivity contribution in [2.75, 3.05) is 5.75 Å². The van der Waals surface area contributed by atoms with Crippen molar-refractivity contribution in [1.82, 2.24) is 0 Å². The van der Waals surface area contributed by atoms with Gasteiger partial charge >= 0.3 is 0 Å². The Morgan fingerprint density at radius 2 is 1.52 bits per heavy atom. The normalized spacial score (nSPS) is 11.3. The third-order valence-electron chi connectivity index (χ3n) is 3.42. The van der Waals surface area contributed by atoms with Gasteiger partial charge in [0, 0.05) is 17.4 Å². The maximum Gasteiger partial charge on any atom is 0.178 e. The van der Waals surface area contributed by atoms with E-state index in [0.717, 1.165) is 5.56 Å². The van der Waals surface area contributed by atoms with E-state index in [1.165, 1.54) is 12.1 Å². The minimum Gasteiger partial charge on any atom is -0.550 e. The van der Waals surface area contributed by atoms with E-state index in [0.29, 0.717) is 23.4 Å². The SMILES string of the molecule is O=C([O-])Cc1ccc(CCCS(=O)(=O)c2ccc(Cl)cc2)cc1. The number of hydrogen-bond acceptors (Lipinski definition) is 4. The van der Waals surface area contributed by atoms with Crippen LogP contribution in [0.4, 0.5) is 0 Å². The molecule has 0 aromatic heterocycles. The number of aryl methyl sites for hydroxylation is 1. The molecule has 122 valence electrons. The highest BCUT2D eigenvalue weighted by Gasteiger charge is 2.13. The molecule has 2 aromatic rings. The van der Waals surface area contributed by atoms with E-state index in [9.17, 15) is 18.3 Å². The molecule has 2 rings (SSSR count). The Kier molecular flexibility index (Phi) is 5.80. The molecule has 0 saturated carbocycles. The van der Waals surface area contributed by atoms with Crippen LogP contribution in [0.3, 0.4) is 0 Å². The number of carboxylic acids is 1. The molecule has 0 aliphatic heterocycles. The monoisotopic (exact) mass is 351 g/mol. The molecule has 0 saturated heterocycles. The quantitative estimate of drug-likeness (QED) is 0.765. The van der Waals surface area contributed by atoms with Crippen LogP contribution in [0.1, 0.15) is 17.5 Å². The minimum absolute atomic E-state index is 0.0510.